The van der Waals surface area contributed by atoms with E-state index >= 15 is 0 Å². The zero-order chi connectivity index (χ0) is 31.5. The van der Waals surface area contributed by atoms with Gasteiger partial charge in [0, 0.05) is 22.1 Å². The summed E-state index contributed by atoms with van der Waals surface area (Å²) in [5, 5.41) is 4.54. The Morgan fingerprint density at radius 3 is 1.55 bits per heavy atom. The SMILES string of the molecule is CC1(C)c2ccccc2-c2c(-c3cccc(-c4nc(-c5cccc6ccccc56)nc(-c5cccc6ccccc56)n4)c3)cccc21. The zero-order valence-corrected chi connectivity index (χ0v) is 26.3. The Hall–Kier alpha value is -5.93. The minimum Gasteiger partial charge on any atom is -0.208 e. The topological polar surface area (TPSA) is 38.7 Å². The van der Waals surface area contributed by atoms with E-state index in [0.717, 1.165) is 43.8 Å². The summed E-state index contributed by atoms with van der Waals surface area (Å²) in [6.45, 7) is 4.65. The van der Waals surface area contributed by atoms with Gasteiger partial charge >= 0.3 is 0 Å². The third-order valence-corrected chi connectivity index (χ3v) is 9.74. The molecule has 1 aromatic heterocycles. The van der Waals surface area contributed by atoms with Gasteiger partial charge in [-0.2, -0.15) is 0 Å². The molecule has 0 atom stereocenters. The van der Waals surface area contributed by atoms with Crippen LogP contribution in [0.2, 0.25) is 0 Å². The number of nitrogens with zero attached hydrogens (tertiary/aromatic N) is 3. The van der Waals surface area contributed by atoms with Crippen LogP contribution in [0.4, 0.5) is 0 Å². The van der Waals surface area contributed by atoms with E-state index in [9.17, 15) is 0 Å². The second kappa shape index (κ2) is 10.6. The lowest BCUT2D eigenvalue weighted by Crippen LogP contribution is -2.14. The average Bonchev–Trinajstić information content (AvgIpc) is 3.37. The van der Waals surface area contributed by atoms with Gasteiger partial charge in [0.1, 0.15) is 0 Å². The van der Waals surface area contributed by atoms with Gasteiger partial charge in [-0.1, -0.05) is 159 Å². The van der Waals surface area contributed by atoms with Crippen molar-refractivity contribution in [3.05, 3.63) is 163 Å². The van der Waals surface area contributed by atoms with E-state index in [1.54, 1.807) is 0 Å². The van der Waals surface area contributed by atoms with Crippen LogP contribution in [-0.4, -0.2) is 15.0 Å². The molecule has 0 aliphatic heterocycles. The van der Waals surface area contributed by atoms with E-state index in [0.29, 0.717) is 17.5 Å². The molecule has 0 N–H and O–H groups in total. The highest BCUT2D eigenvalue weighted by atomic mass is 15.0. The maximum absolute atomic E-state index is 5.17. The first kappa shape index (κ1) is 27.4. The van der Waals surface area contributed by atoms with Crippen LogP contribution in [-0.2, 0) is 5.41 Å². The van der Waals surface area contributed by atoms with E-state index < -0.39 is 0 Å². The Labute approximate surface area is 274 Å². The maximum Gasteiger partial charge on any atom is 0.164 e. The van der Waals surface area contributed by atoms with Crippen molar-refractivity contribution in [3.8, 4) is 56.4 Å². The van der Waals surface area contributed by atoms with Crippen molar-refractivity contribution in [2.24, 2.45) is 0 Å². The smallest absolute Gasteiger partial charge is 0.164 e. The molecule has 1 aliphatic carbocycles. The fourth-order valence-electron chi connectivity index (χ4n) is 7.41. The van der Waals surface area contributed by atoms with Crippen LogP contribution in [0.1, 0.15) is 25.0 Å². The third-order valence-electron chi connectivity index (χ3n) is 9.74. The fraction of sp³-hybridized carbons (Fsp3) is 0.0682. The van der Waals surface area contributed by atoms with Gasteiger partial charge in [0.15, 0.2) is 17.5 Å². The van der Waals surface area contributed by atoms with Crippen LogP contribution < -0.4 is 0 Å². The lowest BCUT2D eigenvalue weighted by molar-refractivity contribution is 0.660. The van der Waals surface area contributed by atoms with Crippen LogP contribution in [0.15, 0.2) is 152 Å². The zero-order valence-electron chi connectivity index (χ0n) is 26.3. The number of fused-ring (bicyclic) bond motifs is 5. The molecular weight excluding hydrogens is 571 g/mol. The third kappa shape index (κ3) is 4.39. The minimum atomic E-state index is -0.0610. The lowest BCUT2D eigenvalue weighted by atomic mass is 9.82. The van der Waals surface area contributed by atoms with Crippen LogP contribution >= 0.6 is 0 Å². The van der Waals surface area contributed by atoms with Crippen molar-refractivity contribution in [3.63, 3.8) is 0 Å². The van der Waals surface area contributed by atoms with E-state index in [2.05, 4.69) is 166 Å². The van der Waals surface area contributed by atoms with Gasteiger partial charge in [0.2, 0.25) is 0 Å². The first-order valence-electron chi connectivity index (χ1n) is 16.1. The van der Waals surface area contributed by atoms with Gasteiger partial charge in [-0.3, -0.25) is 0 Å². The molecule has 0 radical (unpaired) electrons. The number of rotatable bonds is 4. The Morgan fingerprint density at radius 2 is 0.851 bits per heavy atom. The van der Waals surface area contributed by atoms with Gasteiger partial charge in [-0.15, -0.1) is 0 Å². The number of benzene rings is 7. The first-order valence-corrected chi connectivity index (χ1v) is 16.1. The van der Waals surface area contributed by atoms with Crippen molar-refractivity contribution in [1.82, 2.24) is 15.0 Å². The summed E-state index contributed by atoms with van der Waals surface area (Å²) < 4.78 is 0. The predicted octanol–water partition coefficient (Wildman–Crippen LogP) is 11.2. The number of aromatic nitrogens is 3. The predicted molar refractivity (Wildman–Crippen MR) is 194 cm³/mol. The molecule has 3 nitrogen and oxygen atoms in total. The Morgan fingerprint density at radius 1 is 0.383 bits per heavy atom. The van der Waals surface area contributed by atoms with Gasteiger partial charge in [0.05, 0.1) is 0 Å². The Balaban J connectivity index is 1.26. The molecule has 0 saturated carbocycles. The molecular formula is C44H31N3. The summed E-state index contributed by atoms with van der Waals surface area (Å²) in [5.41, 5.74) is 10.6. The molecule has 0 unspecified atom stereocenters. The largest absolute Gasteiger partial charge is 0.208 e. The van der Waals surface area contributed by atoms with Crippen LogP contribution in [0.5, 0.6) is 0 Å². The highest BCUT2D eigenvalue weighted by Crippen LogP contribution is 2.52. The molecule has 0 saturated heterocycles. The molecule has 0 amide bonds. The molecule has 0 bridgehead atoms. The second-order valence-electron chi connectivity index (χ2n) is 12.8. The van der Waals surface area contributed by atoms with Gasteiger partial charge in [0.25, 0.3) is 0 Å². The van der Waals surface area contributed by atoms with Crippen molar-refractivity contribution in [2.45, 2.75) is 19.3 Å². The number of hydrogen-bond acceptors (Lipinski definition) is 3. The minimum absolute atomic E-state index is 0.0610. The Bertz CT molecular complexity index is 2400. The summed E-state index contributed by atoms with van der Waals surface area (Å²) in [6, 6.07) is 53.7. The van der Waals surface area contributed by atoms with Gasteiger partial charge in [-0.05, 0) is 61.0 Å². The van der Waals surface area contributed by atoms with Gasteiger partial charge in [-0.25, -0.2) is 15.0 Å². The van der Waals surface area contributed by atoms with Crippen LogP contribution in [0.3, 0.4) is 0 Å². The molecule has 7 aromatic carbocycles. The maximum atomic E-state index is 5.17. The van der Waals surface area contributed by atoms with Crippen molar-refractivity contribution >= 4 is 21.5 Å². The molecule has 0 spiro atoms. The van der Waals surface area contributed by atoms with E-state index in [4.69, 9.17) is 15.0 Å². The molecule has 8 aromatic rings. The summed E-state index contributed by atoms with van der Waals surface area (Å²) in [7, 11) is 0. The molecule has 9 rings (SSSR count). The molecule has 0 fully saturated rings. The van der Waals surface area contributed by atoms with Gasteiger partial charge < -0.3 is 0 Å². The Kier molecular flexibility index (Phi) is 6.16. The number of hydrogen-bond donors (Lipinski definition) is 0. The quantitative estimate of drug-likeness (QED) is 0.201. The van der Waals surface area contributed by atoms with Crippen LogP contribution in [0.25, 0.3) is 78.0 Å². The average molecular weight is 602 g/mol. The van der Waals surface area contributed by atoms with E-state index in [1.807, 2.05) is 0 Å². The normalized spacial score (nSPS) is 13.1. The van der Waals surface area contributed by atoms with Crippen molar-refractivity contribution in [2.75, 3.05) is 0 Å². The summed E-state index contributed by atoms with van der Waals surface area (Å²) in [5.74, 6) is 1.98. The lowest BCUT2D eigenvalue weighted by Gasteiger charge is -2.21. The molecule has 222 valence electrons. The highest BCUT2D eigenvalue weighted by Gasteiger charge is 2.36. The highest BCUT2D eigenvalue weighted by molar-refractivity contribution is 5.98. The first-order chi connectivity index (χ1) is 23.1. The van der Waals surface area contributed by atoms with E-state index in [1.165, 1.54) is 27.8 Å². The summed E-state index contributed by atoms with van der Waals surface area (Å²) >= 11 is 0. The summed E-state index contributed by atoms with van der Waals surface area (Å²) in [4.78, 5) is 15.5. The molecule has 1 heterocycles. The summed E-state index contributed by atoms with van der Waals surface area (Å²) in [6.07, 6.45) is 0. The van der Waals surface area contributed by atoms with Crippen molar-refractivity contribution < 1.29 is 0 Å². The molecule has 3 heteroatoms. The molecule has 1 aliphatic rings. The molecule has 47 heavy (non-hydrogen) atoms. The monoisotopic (exact) mass is 601 g/mol. The van der Waals surface area contributed by atoms with Crippen molar-refractivity contribution in [1.29, 1.82) is 0 Å². The second-order valence-corrected chi connectivity index (χ2v) is 12.8. The van der Waals surface area contributed by atoms with Crippen LogP contribution in [0, 0.1) is 0 Å². The fourth-order valence-corrected chi connectivity index (χ4v) is 7.41. The van der Waals surface area contributed by atoms with E-state index in [-0.39, 0.29) is 5.41 Å². The standard InChI is InChI=1S/C44H31N3/c1-44(2)38-25-8-7-21-37(38)40-34(22-12-26-39(40)44)30-17-9-18-31(27-30)41-45-42(35-23-10-15-28-13-3-5-19-32(28)35)47-43(46-41)36-24-11-16-29-14-4-6-20-33(29)36/h3-27H,1-2H3.